The lowest BCUT2D eigenvalue weighted by Gasteiger charge is -2.16. The van der Waals surface area contributed by atoms with Crippen molar-refractivity contribution in [3.05, 3.63) is 78.6 Å². The lowest BCUT2D eigenvalue weighted by molar-refractivity contribution is -0.124. The highest BCUT2D eigenvalue weighted by atomic mass is 16.5. The average molecular weight is 385 g/mol. The number of amides is 1. The van der Waals surface area contributed by atoms with Gasteiger partial charge in [0, 0.05) is 11.1 Å². The third-order valence-corrected chi connectivity index (χ3v) is 4.62. The van der Waals surface area contributed by atoms with Gasteiger partial charge in [-0.2, -0.15) is 0 Å². The molecule has 1 N–H and O–H groups in total. The zero-order valence-electron chi connectivity index (χ0n) is 15.8. The summed E-state index contributed by atoms with van der Waals surface area (Å²) in [6.45, 7) is 1.78. The van der Waals surface area contributed by atoms with Crippen molar-refractivity contribution in [1.82, 2.24) is 9.97 Å². The Hall–Kier alpha value is -3.80. The van der Waals surface area contributed by atoms with E-state index in [1.165, 1.54) is 6.20 Å². The molecule has 1 unspecified atom stereocenters. The van der Waals surface area contributed by atoms with Crippen LogP contribution < -0.4 is 5.32 Å². The van der Waals surface area contributed by atoms with Crippen LogP contribution in [-0.4, -0.2) is 27.9 Å². The van der Waals surface area contributed by atoms with Gasteiger partial charge < -0.3 is 10.1 Å². The summed E-state index contributed by atoms with van der Waals surface area (Å²) >= 11 is 0. The second kappa shape index (κ2) is 8.06. The van der Waals surface area contributed by atoms with Gasteiger partial charge in [-0.3, -0.25) is 9.78 Å². The maximum atomic E-state index is 12.7. The molecule has 1 amide bonds. The molecule has 0 radical (unpaired) electrons. The SMILES string of the molecule is CCC(OC(=O)c1cnc2ccccc2n1)C(=O)Nc1cccc2ccccc12. The monoisotopic (exact) mass is 385 g/mol. The van der Waals surface area contributed by atoms with E-state index in [4.69, 9.17) is 4.74 Å². The molecule has 6 heteroatoms. The quantitative estimate of drug-likeness (QED) is 0.516. The molecule has 0 saturated carbocycles. The molecule has 4 rings (SSSR count). The molecule has 0 saturated heterocycles. The van der Waals surface area contributed by atoms with Crippen LogP contribution in [-0.2, 0) is 9.53 Å². The number of benzene rings is 3. The summed E-state index contributed by atoms with van der Waals surface area (Å²) in [7, 11) is 0. The minimum atomic E-state index is -0.935. The van der Waals surface area contributed by atoms with E-state index >= 15 is 0 Å². The first kappa shape index (κ1) is 18.6. The maximum Gasteiger partial charge on any atom is 0.359 e. The maximum absolute atomic E-state index is 12.7. The van der Waals surface area contributed by atoms with E-state index in [9.17, 15) is 9.59 Å². The van der Waals surface area contributed by atoms with Crippen LogP contribution >= 0.6 is 0 Å². The van der Waals surface area contributed by atoms with E-state index < -0.39 is 12.1 Å². The molecule has 3 aromatic carbocycles. The first-order valence-electron chi connectivity index (χ1n) is 9.37. The van der Waals surface area contributed by atoms with Gasteiger partial charge in [-0.15, -0.1) is 0 Å². The molecule has 1 aromatic heterocycles. The summed E-state index contributed by atoms with van der Waals surface area (Å²) in [4.78, 5) is 33.8. The number of aromatic nitrogens is 2. The van der Waals surface area contributed by atoms with E-state index in [0.29, 0.717) is 23.1 Å². The van der Waals surface area contributed by atoms with Crippen molar-refractivity contribution in [1.29, 1.82) is 0 Å². The van der Waals surface area contributed by atoms with Crippen molar-refractivity contribution >= 4 is 39.4 Å². The zero-order valence-corrected chi connectivity index (χ0v) is 15.8. The number of ether oxygens (including phenoxy) is 1. The van der Waals surface area contributed by atoms with Crippen LogP contribution in [0.1, 0.15) is 23.8 Å². The van der Waals surface area contributed by atoms with Crippen LogP contribution in [0, 0.1) is 0 Å². The molecule has 6 nitrogen and oxygen atoms in total. The van der Waals surface area contributed by atoms with Crippen LogP contribution in [0.25, 0.3) is 21.8 Å². The smallest absolute Gasteiger partial charge is 0.359 e. The molecule has 29 heavy (non-hydrogen) atoms. The molecular weight excluding hydrogens is 366 g/mol. The minimum Gasteiger partial charge on any atom is -0.447 e. The van der Waals surface area contributed by atoms with Crippen LogP contribution in [0.3, 0.4) is 0 Å². The second-order valence-corrected chi connectivity index (χ2v) is 6.56. The van der Waals surface area contributed by atoms with Gasteiger partial charge >= 0.3 is 5.97 Å². The van der Waals surface area contributed by atoms with Crippen molar-refractivity contribution in [2.24, 2.45) is 0 Å². The lowest BCUT2D eigenvalue weighted by Crippen LogP contribution is -2.32. The molecule has 1 atom stereocenters. The molecular formula is C23H19N3O3. The summed E-state index contributed by atoms with van der Waals surface area (Å²) in [6, 6.07) is 20.7. The summed E-state index contributed by atoms with van der Waals surface area (Å²) in [5.41, 5.74) is 2.02. The number of hydrogen-bond acceptors (Lipinski definition) is 5. The van der Waals surface area contributed by atoms with Gasteiger partial charge in [0.15, 0.2) is 11.8 Å². The van der Waals surface area contributed by atoms with Crippen molar-refractivity contribution in [2.75, 3.05) is 5.32 Å². The zero-order chi connectivity index (χ0) is 20.2. The van der Waals surface area contributed by atoms with Crippen molar-refractivity contribution < 1.29 is 14.3 Å². The molecule has 0 aliphatic rings. The van der Waals surface area contributed by atoms with Gasteiger partial charge in [-0.25, -0.2) is 9.78 Å². The molecule has 0 spiro atoms. The fraction of sp³-hybridized carbons (Fsp3) is 0.130. The van der Waals surface area contributed by atoms with Gasteiger partial charge in [-0.1, -0.05) is 55.5 Å². The van der Waals surface area contributed by atoms with Gasteiger partial charge in [-0.05, 0) is 30.0 Å². The minimum absolute atomic E-state index is 0.0695. The Morgan fingerprint density at radius 2 is 1.69 bits per heavy atom. The average Bonchev–Trinajstić information content (AvgIpc) is 2.77. The largest absolute Gasteiger partial charge is 0.447 e. The molecule has 0 aliphatic carbocycles. The predicted octanol–water partition coefficient (Wildman–Crippen LogP) is 4.36. The Labute approximate surface area is 167 Å². The summed E-state index contributed by atoms with van der Waals surface area (Å²) in [6.07, 6.45) is 0.762. The van der Waals surface area contributed by atoms with Gasteiger partial charge in [0.2, 0.25) is 0 Å². The summed E-state index contributed by atoms with van der Waals surface area (Å²) in [5.74, 6) is -1.06. The molecule has 0 fully saturated rings. The molecule has 1 heterocycles. The lowest BCUT2D eigenvalue weighted by atomic mass is 10.1. The first-order chi connectivity index (χ1) is 14.2. The van der Waals surface area contributed by atoms with Gasteiger partial charge in [0.1, 0.15) is 0 Å². The first-order valence-corrected chi connectivity index (χ1v) is 9.37. The number of nitrogens with one attached hydrogen (secondary N) is 1. The van der Waals surface area contributed by atoms with Crippen molar-refractivity contribution in [3.63, 3.8) is 0 Å². The predicted molar refractivity (Wildman–Crippen MR) is 112 cm³/mol. The fourth-order valence-electron chi connectivity index (χ4n) is 3.12. The number of rotatable bonds is 5. The molecule has 144 valence electrons. The van der Waals surface area contributed by atoms with Crippen molar-refractivity contribution in [2.45, 2.75) is 19.4 Å². The third-order valence-electron chi connectivity index (χ3n) is 4.62. The van der Waals surface area contributed by atoms with Crippen LogP contribution in [0.5, 0.6) is 0 Å². The number of carbonyl (C=O) groups is 2. The highest BCUT2D eigenvalue weighted by Crippen LogP contribution is 2.23. The van der Waals surface area contributed by atoms with E-state index in [2.05, 4.69) is 15.3 Å². The third kappa shape index (κ3) is 3.91. The number of para-hydroxylation sites is 2. The number of esters is 1. The van der Waals surface area contributed by atoms with Crippen LogP contribution in [0.2, 0.25) is 0 Å². The van der Waals surface area contributed by atoms with E-state index in [0.717, 1.165) is 10.8 Å². The van der Waals surface area contributed by atoms with Crippen LogP contribution in [0.4, 0.5) is 5.69 Å². The number of nitrogens with zero attached hydrogens (tertiary/aromatic N) is 2. The molecule has 0 bridgehead atoms. The summed E-state index contributed by atoms with van der Waals surface area (Å²) < 4.78 is 5.43. The van der Waals surface area contributed by atoms with Crippen LogP contribution in [0.15, 0.2) is 72.9 Å². The van der Waals surface area contributed by atoms with E-state index in [1.807, 2.05) is 60.7 Å². The standard InChI is InChI=1S/C23H19N3O3/c1-2-21(22(27)26-17-13-7-9-15-8-3-4-10-16(15)17)29-23(28)20-14-24-18-11-5-6-12-19(18)25-20/h3-14,21H,2H2,1H3,(H,26,27). The topological polar surface area (TPSA) is 81.2 Å². The Bertz CT molecular complexity index is 1200. The highest BCUT2D eigenvalue weighted by Gasteiger charge is 2.23. The van der Waals surface area contributed by atoms with Crippen molar-refractivity contribution in [3.8, 4) is 0 Å². The van der Waals surface area contributed by atoms with Gasteiger partial charge in [0.25, 0.3) is 5.91 Å². The number of carbonyl (C=O) groups excluding carboxylic acids is 2. The second-order valence-electron chi connectivity index (χ2n) is 6.56. The number of anilines is 1. The van der Waals surface area contributed by atoms with Gasteiger partial charge in [0.05, 0.1) is 17.2 Å². The Morgan fingerprint density at radius 1 is 0.966 bits per heavy atom. The molecule has 4 aromatic rings. The fourth-order valence-corrected chi connectivity index (χ4v) is 3.12. The molecule has 0 aliphatic heterocycles. The van der Waals surface area contributed by atoms with E-state index in [1.54, 1.807) is 13.0 Å². The Balaban J connectivity index is 1.51. The number of hydrogen-bond donors (Lipinski definition) is 1. The summed E-state index contributed by atoms with van der Waals surface area (Å²) in [5, 5.41) is 4.81. The number of fused-ring (bicyclic) bond motifs is 2. The Morgan fingerprint density at radius 3 is 2.52 bits per heavy atom. The van der Waals surface area contributed by atoms with E-state index in [-0.39, 0.29) is 11.6 Å². The highest BCUT2D eigenvalue weighted by molar-refractivity contribution is 6.04. The Kier molecular flexibility index (Phi) is 5.16. The normalized spacial score (nSPS) is 11.9.